The predicted molar refractivity (Wildman–Crippen MR) is 125 cm³/mol. The Morgan fingerprint density at radius 2 is 1.84 bits per heavy atom. The van der Waals surface area contributed by atoms with Crippen molar-refractivity contribution in [1.29, 1.82) is 0 Å². The number of aliphatic imine (C=N–C) groups is 1. The number of rotatable bonds is 4. The van der Waals surface area contributed by atoms with Crippen molar-refractivity contribution in [3.05, 3.63) is 34.9 Å². The van der Waals surface area contributed by atoms with Gasteiger partial charge in [0.05, 0.1) is 0 Å². The molecule has 0 spiro atoms. The summed E-state index contributed by atoms with van der Waals surface area (Å²) in [6.07, 6.45) is 2.57. The first-order chi connectivity index (χ1) is 14.4. The highest BCUT2D eigenvalue weighted by Crippen LogP contribution is 2.34. The number of amides is 1. The van der Waals surface area contributed by atoms with Crippen LogP contribution in [0.4, 0.5) is 0 Å². The minimum Gasteiger partial charge on any atom is -0.481 e. The summed E-state index contributed by atoms with van der Waals surface area (Å²) in [6, 6.07) is 6.73. The molecule has 1 aromatic carbocycles. The first-order valence-corrected chi connectivity index (χ1v) is 11.5. The fourth-order valence-corrected chi connectivity index (χ4v) is 4.81. The van der Waals surface area contributed by atoms with Crippen molar-refractivity contribution in [2.75, 3.05) is 19.6 Å². The van der Waals surface area contributed by atoms with E-state index in [-0.39, 0.29) is 29.6 Å². The van der Waals surface area contributed by atoms with Gasteiger partial charge in [-0.2, -0.15) is 0 Å². The number of carboxylic acid groups (broad SMARTS) is 1. The van der Waals surface area contributed by atoms with Crippen LogP contribution in [-0.2, 0) is 21.4 Å². The van der Waals surface area contributed by atoms with E-state index in [4.69, 9.17) is 4.99 Å². The van der Waals surface area contributed by atoms with E-state index in [2.05, 4.69) is 39.0 Å². The van der Waals surface area contributed by atoms with Crippen LogP contribution in [0.15, 0.2) is 23.2 Å². The number of hydrogen-bond acceptors (Lipinski definition) is 3. The lowest BCUT2D eigenvalue weighted by Crippen LogP contribution is -2.48. The number of nitrogens with zero attached hydrogens (tertiary/aromatic N) is 2. The lowest BCUT2D eigenvalue weighted by Gasteiger charge is -2.41. The van der Waals surface area contributed by atoms with Gasteiger partial charge in [0, 0.05) is 37.2 Å². The van der Waals surface area contributed by atoms with Crippen LogP contribution >= 0.6 is 0 Å². The van der Waals surface area contributed by atoms with Gasteiger partial charge in [-0.3, -0.25) is 14.6 Å². The number of likely N-dealkylation sites (tertiary alicyclic amines) is 1. The molecule has 1 N–H and O–H groups in total. The summed E-state index contributed by atoms with van der Waals surface area (Å²) in [6.45, 7) is 14.5. The zero-order valence-electron chi connectivity index (χ0n) is 20.0. The molecule has 0 saturated carbocycles. The molecule has 0 aromatic heterocycles. The Hall–Kier alpha value is -2.17. The van der Waals surface area contributed by atoms with E-state index >= 15 is 0 Å². The molecule has 1 aromatic rings. The molecule has 0 unspecified atom stereocenters. The van der Waals surface area contributed by atoms with Gasteiger partial charge in [0.2, 0.25) is 5.91 Å². The highest BCUT2D eigenvalue weighted by atomic mass is 16.4. The molecule has 2 aliphatic heterocycles. The largest absolute Gasteiger partial charge is 0.481 e. The molecule has 3 rings (SSSR count). The van der Waals surface area contributed by atoms with E-state index in [0.717, 1.165) is 31.5 Å². The summed E-state index contributed by atoms with van der Waals surface area (Å²) in [5.74, 6) is -0.432. The van der Waals surface area contributed by atoms with Gasteiger partial charge in [-0.05, 0) is 59.3 Å². The van der Waals surface area contributed by atoms with E-state index in [1.807, 2.05) is 25.7 Å². The maximum atomic E-state index is 12.9. The third kappa shape index (κ3) is 5.55. The van der Waals surface area contributed by atoms with Crippen LogP contribution < -0.4 is 0 Å². The summed E-state index contributed by atoms with van der Waals surface area (Å²) in [7, 11) is 0. The van der Waals surface area contributed by atoms with Crippen LogP contribution in [0.3, 0.4) is 0 Å². The second-order valence-corrected chi connectivity index (χ2v) is 11.3. The van der Waals surface area contributed by atoms with Crippen LogP contribution in [0.2, 0.25) is 0 Å². The highest BCUT2D eigenvalue weighted by molar-refractivity contribution is 6.03. The number of fused-ring (bicyclic) bond motifs is 1. The molecule has 1 amide bonds. The first kappa shape index (κ1) is 23.5. The van der Waals surface area contributed by atoms with Crippen LogP contribution in [0, 0.1) is 17.3 Å². The summed E-state index contributed by atoms with van der Waals surface area (Å²) in [4.78, 5) is 31.3. The monoisotopic (exact) mass is 426 g/mol. The average Bonchev–Trinajstić information content (AvgIpc) is 2.67. The number of benzene rings is 1. The molecule has 1 fully saturated rings. The standard InChI is InChI=1S/C26H38N2O3/c1-25(2,3)20-8-7-17-9-11-27-22(21(17)15-20)13-19-16-28(24(31)26(4,5)6)12-10-18(19)14-23(29)30/h7-8,15,18-19H,9-14,16H2,1-6H3,(H,29,30)/t18-,19-/m0/s1. The Bertz CT molecular complexity index is 874. The Balaban J connectivity index is 1.88. The van der Waals surface area contributed by atoms with Crippen molar-refractivity contribution < 1.29 is 14.7 Å². The summed E-state index contributed by atoms with van der Waals surface area (Å²) in [5, 5.41) is 9.47. The summed E-state index contributed by atoms with van der Waals surface area (Å²) < 4.78 is 0. The minimum absolute atomic E-state index is 0.0597. The van der Waals surface area contributed by atoms with Gasteiger partial charge in [-0.25, -0.2) is 0 Å². The molecule has 1 saturated heterocycles. The fourth-order valence-electron chi connectivity index (χ4n) is 4.81. The van der Waals surface area contributed by atoms with E-state index in [0.29, 0.717) is 13.1 Å². The van der Waals surface area contributed by atoms with Crippen LogP contribution in [0.1, 0.15) is 77.5 Å². The number of carbonyl (C=O) groups excluding carboxylic acids is 1. The number of carboxylic acids is 1. The quantitative estimate of drug-likeness (QED) is 0.758. The van der Waals surface area contributed by atoms with Crippen molar-refractivity contribution in [2.45, 2.75) is 72.6 Å². The topological polar surface area (TPSA) is 70.0 Å². The number of hydrogen-bond donors (Lipinski definition) is 1. The highest BCUT2D eigenvalue weighted by Gasteiger charge is 2.37. The van der Waals surface area contributed by atoms with Gasteiger partial charge in [-0.15, -0.1) is 0 Å². The van der Waals surface area contributed by atoms with Crippen molar-refractivity contribution in [1.82, 2.24) is 4.90 Å². The predicted octanol–water partition coefficient (Wildman–Crippen LogP) is 4.70. The average molecular weight is 427 g/mol. The van der Waals surface area contributed by atoms with Gasteiger partial charge in [-0.1, -0.05) is 53.7 Å². The molecule has 0 bridgehead atoms. The minimum atomic E-state index is -0.758. The molecular formula is C26H38N2O3. The molecule has 31 heavy (non-hydrogen) atoms. The number of aliphatic carboxylic acids is 1. The van der Waals surface area contributed by atoms with Crippen molar-refractivity contribution in [3.8, 4) is 0 Å². The van der Waals surface area contributed by atoms with E-state index in [1.165, 1.54) is 16.7 Å². The number of piperidine rings is 1. The molecule has 0 aliphatic carbocycles. The van der Waals surface area contributed by atoms with Crippen molar-refractivity contribution in [3.63, 3.8) is 0 Å². The van der Waals surface area contributed by atoms with E-state index < -0.39 is 11.4 Å². The van der Waals surface area contributed by atoms with Gasteiger partial charge in [0.1, 0.15) is 0 Å². The second kappa shape index (κ2) is 8.76. The maximum absolute atomic E-state index is 12.9. The molecule has 5 heteroatoms. The molecular weight excluding hydrogens is 388 g/mol. The Morgan fingerprint density at radius 3 is 2.45 bits per heavy atom. The Kier molecular flexibility index (Phi) is 6.64. The van der Waals surface area contributed by atoms with Gasteiger partial charge < -0.3 is 10.0 Å². The fraction of sp³-hybridized carbons (Fsp3) is 0.654. The molecule has 170 valence electrons. The molecule has 2 aliphatic rings. The maximum Gasteiger partial charge on any atom is 0.303 e. The molecule has 5 nitrogen and oxygen atoms in total. The summed E-state index contributed by atoms with van der Waals surface area (Å²) in [5.41, 5.74) is 4.54. The SMILES string of the molecule is CC(C)(C)C(=O)N1CC[C@@H](CC(=O)O)[C@@H](CC2=NCCc3ccc(C(C)(C)C)cc32)C1. The molecule has 2 atom stereocenters. The van der Waals surface area contributed by atoms with E-state index in [1.54, 1.807) is 0 Å². The number of carbonyl (C=O) groups is 2. The van der Waals surface area contributed by atoms with Gasteiger partial charge in [0.25, 0.3) is 0 Å². The third-order valence-electron chi connectivity index (χ3n) is 6.68. The zero-order valence-corrected chi connectivity index (χ0v) is 20.0. The zero-order chi connectivity index (χ0) is 23.0. The second-order valence-electron chi connectivity index (χ2n) is 11.3. The van der Waals surface area contributed by atoms with Crippen LogP contribution in [-0.4, -0.2) is 47.2 Å². The lowest BCUT2D eigenvalue weighted by molar-refractivity contribution is -0.143. The smallest absolute Gasteiger partial charge is 0.303 e. The first-order valence-electron chi connectivity index (χ1n) is 11.5. The van der Waals surface area contributed by atoms with Crippen LogP contribution in [0.25, 0.3) is 0 Å². The lowest BCUT2D eigenvalue weighted by atomic mass is 9.77. The van der Waals surface area contributed by atoms with Crippen molar-refractivity contribution in [2.24, 2.45) is 22.2 Å². The molecule has 2 heterocycles. The van der Waals surface area contributed by atoms with Crippen LogP contribution in [0.5, 0.6) is 0 Å². The third-order valence-corrected chi connectivity index (χ3v) is 6.68. The Morgan fingerprint density at radius 1 is 1.13 bits per heavy atom. The normalized spacial score (nSPS) is 22.0. The summed E-state index contributed by atoms with van der Waals surface area (Å²) >= 11 is 0. The Labute approximate surface area is 186 Å². The van der Waals surface area contributed by atoms with Gasteiger partial charge in [0.15, 0.2) is 0 Å². The van der Waals surface area contributed by atoms with Crippen molar-refractivity contribution >= 4 is 17.6 Å². The van der Waals surface area contributed by atoms with Gasteiger partial charge >= 0.3 is 5.97 Å². The van der Waals surface area contributed by atoms with E-state index in [9.17, 15) is 14.7 Å². The molecule has 0 radical (unpaired) electrons.